The van der Waals surface area contributed by atoms with Gasteiger partial charge in [0.1, 0.15) is 12.5 Å². The van der Waals surface area contributed by atoms with Gasteiger partial charge in [0.15, 0.2) is 0 Å². The van der Waals surface area contributed by atoms with Gasteiger partial charge in [0.25, 0.3) is 0 Å². The Morgan fingerprint density at radius 3 is 2.81 bits per heavy atom. The van der Waals surface area contributed by atoms with Crippen LogP contribution in [0.5, 0.6) is 0 Å². The third kappa shape index (κ3) is 3.81. The zero-order chi connectivity index (χ0) is 15.4. The fourth-order valence-corrected chi connectivity index (χ4v) is 2.27. The van der Waals surface area contributed by atoms with Crippen LogP contribution >= 0.6 is 0 Å². The first-order valence-corrected chi connectivity index (χ1v) is 6.68. The van der Waals surface area contributed by atoms with Gasteiger partial charge >= 0.3 is 17.9 Å². The molecular weight excluding hydrogens is 276 g/mol. The van der Waals surface area contributed by atoms with Crippen LogP contribution in [0.4, 0.5) is 0 Å². The van der Waals surface area contributed by atoms with E-state index in [2.05, 4.69) is 0 Å². The summed E-state index contributed by atoms with van der Waals surface area (Å²) in [6.45, 7) is 1.68. The number of ether oxygens (including phenoxy) is 2. The number of carbonyl (C=O) groups is 3. The van der Waals surface area contributed by atoms with Gasteiger partial charge in [0.05, 0.1) is 11.7 Å². The molecule has 0 aromatic heterocycles. The smallest absolute Gasteiger partial charge is 0.339 e. The quantitative estimate of drug-likeness (QED) is 0.637. The lowest BCUT2D eigenvalue weighted by Gasteiger charge is -2.15. The van der Waals surface area contributed by atoms with Crippen molar-refractivity contribution < 1.29 is 29.0 Å². The Balaban J connectivity index is 1.85. The molecule has 0 saturated heterocycles. The summed E-state index contributed by atoms with van der Waals surface area (Å²) >= 11 is 0. The minimum atomic E-state index is -1.22. The van der Waals surface area contributed by atoms with Crippen LogP contribution < -0.4 is 0 Å². The molecule has 1 aromatic carbocycles. The van der Waals surface area contributed by atoms with Crippen molar-refractivity contribution in [1.82, 2.24) is 0 Å². The van der Waals surface area contributed by atoms with Crippen LogP contribution in [0, 0.1) is 0 Å². The number of cyclic esters (lactones) is 1. The van der Waals surface area contributed by atoms with E-state index in [-0.39, 0.29) is 12.1 Å². The normalized spacial score (nSPS) is 17.8. The van der Waals surface area contributed by atoms with Crippen LogP contribution in [0.3, 0.4) is 0 Å². The highest BCUT2D eigenvalue weighted by molar-refractivity contribution is 5.94. The fourth-order valence-electron chi connectivity index (χ4n) is 2.27. The Hall–Kier alpha value is -2.37. The average molecular weight is 292 g/mol. The number of carboxylic acids is 1. The van der Waals surface area contributed by atoms with Crippen molar-refractivity contribution in [2.24, 2.45) is 0 Å². The van der Waals surface area contributed by atoms with Crippen molar-refractivity contribution in [1.29, 1.82) is 0 Å². The first kappa shape index (κ1) is 15.0. The summed E-state index contributed by atoms with van der Waals surface area (Å²) in [6.07, 6.45) is -0.411. The molecule has 1 aliphatic heterocycles. The highest BCUT2D eigenvalue weighted by Gasteiger charge is 2.30. The molecule has 1 aliphatic rings. The predicted molar refractivity (Wildman–Crippen MR) is 71.6 cm³/mol. The molecule has 0 radical (unpaired) electrons. The molecular formula is C15H16O6. The van der Waals surface area contributed by atoms with Crippen LogP contribution in [0.25, 0.3) is 0 Å². The standard InChI is InChI=1S/C15H16O6/c1-9(20-14(18)8-13(16)17)6-7-12-10-4-2-3-5-11(10)15(19)21-12/h2-5,9,12H,6-8H2,1H3,(H,16,17)/t9?,12-/m0/s1. The molecule has 1 unspecified atom stereocenters. The number of hydrogen-bond acceptors (Lipinski definition) is 5. The minimum Gasteiger partial charge on any atom is -0.481 e. The molecule has 1 heterocycles. The third-order valence-electron chi connectivity index (χ3n) is 3.24. The van der Waals surface area contributed by atoms with Crippen molar-refractivity contribution >= 4 is 17.9 Å². The van der Waals surface area contributed by atoms with Crippen molar-refractivity contribution in [2.75, 3.05) is 0 Å². The van der Waals surface area contributed by atoms with Gasteiger partial charge in [-0.15, -0.1) is 0 Å². The number of carbonyl (C=O) groups excluding carboxylic acids is 2. The summed E-state index contributed by atoms with van der Waals surface area (Å²) in [5.74, 6) is -2.32. The van der Waals surface area contributed by atoms with Crippen LogP contribution in [0.15, 0.2) is 24.3 Å². The van der Waals surface area contributed by atoms with Crippen molar-refractivity contribution in [3.05, 3.63) is 35.4 Å². The molecule has 1 aromatic rings. The van der Waals surface area contributed by atoms with Gasteiger partial charge < -0.3 is 14.6 Å². The number of esters is 2. The second-order valence-corrected chi connectivity index (χ2v) is 4.93. The lowest BCUT2D eigenvalue weighted by molar-refractivity contribution is -0.154. The van der Waals surface area contributed by atoms with E-state index in [1.807, 2.05) is 12.1 Å². The summed E-state index contributed by atoms with van der Waals surface area (Å²) in [5, 5.41) is 8.48. The number of benzene rings is 1. The lowest BCUT2D eigenvalue weighted by Crippen LogP contribution is -2.18. The fraction of sp³-hybridized carbons (Fsp3) is 0.400. The third-order valence-corrected chi connectivity index (χ3v) is 3.24. The summed E-state index contributed by atoms with van der Waals surface area (Å²) in [7, 11) is 0. The van der Waals surface area contributed by atoms with Crippen molar-refractivity contribution in [2.45, 2.75) is 38.4 Å². The molecule has 112 valence electrons. The second kappa shape index (κ2) is 6.39. The maximum absolute atomic E-state index is 11.6. The maximum atomic E-state index is 11.6. The van der Waals surface area contributed by atoms with E-state index in [9.17, 15) is 14.4 Å². The predicted octanol–water partition coefficient (Wildman–Crippen LogP) is 2.08. The van der Waals surface area contributed by atoms with Crippen molar-refractivity contribution in [3.63, 3.8) is 0 Å². The Labute approximate surface area is 121 Å². The van der Waals surface area contributed by atoms with Gasteiger partial charge in [-0.1, -0.05) is 18.2 Å². The zero-order valence-corrected chi connectivity index (χ0v) is 11.6. The highest BCUT2D eigenvalue weighted by Crippen LogP contribution is 2.34. The van der Waals surface area contributed by atoms with Crippen molar-refractivity contribution in [3.8, 4) is 0 Å². The van der Waals surface area contributed by atoms with E-state index < -0.39 is 24.5 Å². The number of rotatable bonds is 6. The Kier molecular flexibility index (Phi) is 4.57. The van der Waals surface area contributed by atoms with E-state index in [1.165, 1.54) is 0 Å². The van der Waals surface area contributed by atoms with E-state index in [4.69, 9.17) is 14.6 Å². The molecule has 1 N–H and O–H groups in total. The molecule has 0 fully saturated rings. The molecule has 0 amide bonds. The van der Waals surface area contributed by atoms with Gasteiger partial charge in [-0.2, -0.15) is 0 Å². The van der Waals surface area contributed by atoms with Crippen LogP contribution in [-0.2, 0) is 19.1 Å². The van der Waals surface area contributed by atoms with Crippen LogP contribution in [0.2, 0.25) is 0 Å². The number of carboxylic acid groups (broad SMARTS) is 1. The van der Waals surface area contributed by atoms with Gasteiger partial charge in [-0.05, 0) is 25.8 Å². The molecule has 21 heavy (non-hydrogen) atoms. The first-order valence-electron chi connectivity index (χ1n) is 6.68. The molecule has 2 atom stereocenters. The Morgan fingerprint density at radius 2 is 2.10 bits per heavy atom. The summed E-state index contributed by atoms with van der Waals surface area (Å²) < 4.78 is 10.3. The van der Waals surface area contributed by atoms with Gasteiger partial charge in [0, 0.05) is 5.56 Å². The number of fused-ring (bicyclic) bond motifs is 1. The maximum Gasteiger partial charge on any atom is 0.339 e. The summed E-state index contributed by atoms with van der Waals surface area (Å²) in [5.41, 5.74) is 1.41. The first-order chi connectivity index (χ1) is 9.97. The molecule has 6 heteroatoms. The lowest BCUT2D eigenvalue weighted by atomic mass is 10.0. The van der Waals surface area contributed by atoms with Gasteiger partial charge in [0.2, 0.25) is 0 Å². The van der Waals surface area contributed by atoms with E-state index in [1.54, 1.807) is 19.1 Å². The molecule has 2 rings (SSSR count). The van der Waals surface area contributed by atoms with E-state index >= 15 is 0 Å². The summed E-state index contributed by atoms with van der Waals surface area (Å²) in [6, 6.07) is 7.17. The molecule has 6 nitrogen and oxygen atoms in total. The Bertz CT molecular complexity index is 565. The highest BCUT2D eigenvalue weighted by atomic mass is 16.6. The number of aliphatic carboxylic acids is 1. The zero-order valence-electron chi connectivity index (χ0n) is 11.6. The SMILES string of the molecule is CC(CC[C@@H]1OC(=O)c2ccccc21)OC(=O)CC(=O)O. The molecule has 0 aliphatic carbocycles. The van der Waals surface area contributed by atoms with Gasteiger partial charge in [-0.3, -0.25) is 9.59 Å². The molecule has 0 saturated carbocycles. The second-order valence-electron chi connectivity index (χ2n) is 4.93. The monoisotopic (exact) mass is 292 g/mol. The minimum absolute atomic E-state index is 0.339. The Morgan fingerprint density at radius 1 is 1.38 bits per heavy atom. The van der Waals surface area contributed by atoms with Crippen LogP contribution in [0.1, 0.15) is 48.2 Å². The molecule has 0 spiro atoms. The largest absolute Gasteiger partial charge is 0.481 e. The van der Waals surface area contributed by atoms with Crippen LogP contribution in [-0.4, -0.2) is 29.1 Å². The summed E-state index contributed by atoms with van der Waals surface area (Å²) in [4.78, 5) is 33.2. The van der Waals surface area contributed by atoms with Gasteiger partial charge in [-0.25, -0.2) is 4.79 Å². The molecule has 0 bridgehead atoms. The van der Waals surface area contributed by atoms with E-state index in [0.29, 0.717) is 18.4 Å². The average Bonchev–Trinajstić information content (AvgIpc) is 2.73. The topological polar surface area (TPSA) is 89.9 Å². The number of hydrogen-bond donors (Lipinski definition) is 1. The van der Waals surface area contributed by atoms with E-state index in [0.717, 1.165) is 5.56 Å².